The topological polar surface area (TPSA) is 43.6 Å². The van der Waals surface area contributed by atoms with Gasteiger partial charge in [-0.25, -0.2) is 4.98 Å². The first-order valence-corrected chi connectivity index (χ1v) is 7.93. The third-order valence-corrected chi connectivity index (χ3v) is 4.70. The lowest BCUT2D eigenvalue weighted by molar-refractivity contribution is 1.03. The van der Waals surface area contributed by atoms with Crippen LogP contribution in [0.2, 0.25) is 0 Å². The number of hydrogen-bond donors (Lipinski definition) is 0. The van der Waals surface area contributed by atoms with Crippen LogP contribution in [0, 0.1) is 13.8 Å². The number of thiazole rings is 1. The molecule has 0 unspecified atom stereocenters. The van der Waals surface area contributed by atoms with Gasteiger partial charge in [0.05, 0.1) is 21.4 Å². The molecule has 0 spiro atoms. The summed E-state index contributed by atoms with van der Waals surface area (Å²) in [5.74, 6) is 0.854. The molecule has 0 aliphatic carbocycles. The molecule has 0 saturated carbocycles. The minimum atomic E-state index is 0.854. The molecule has 0 aliphatic heterocycles. The summed E-state index contributed by atoms with van der Waals surface area (Å²) >= 11 is 1.63. The molecule has 4 rings (SSSR count). The zero-order chi connectivity index (χ0) is 15.1. The van der Waals surface area contributed by atoms with Crippen molar-refractivity contribution in [1.29, 1.82) is 0 Å². The lowest BCUT2D eigenvalue weighted by atomic mass is 10.1. The van der Waals surface area contributed by atoms with E-state index in [1.54, 1.807) is 17.7 Å². The number of hydrogen-bond acceptors (Lipinski definition) is 4. The van der Waals surface area contributed by atoms with Gasteiger partial charge in [-0.2, -0.15) is 0 Å². The molecule has 2 aromatic carbocycles. The van der Waals surface area contributed by atoms with Crippen LogP contribution >= 0.6 is 11.3 Å². The SMILES string of the molecule is Cc1cccc(C)c1-n1cnnc1-c1cccc2ncsc12. The van der Waals surface area contributed by atoms with Gasteiger partial charge in [-0.05, 0) is 37.1 Å². The van der Waals surface area contributed by atoms with Crippen LogP contribution in [0.1, 0.15) is 11.1 Å². The van der Waals surface area contributed by atoms with Gasteiger partial charge < -0.3 is 0 Å². The monoisotopic (exact) mass is 306 g/mol. The first kappa shape index (κ1) is 13.2. The summed E-state index contributed by atoms with van der Waals surface area (Å²) < 4.78 is 3.21. The molecular weight excluding hydrogens is 292 g/mol. The van der Waals surface area contributed by atoms with Crippen molar-refractivity contribution < 1.29 is 0 Å². The Morgan fingerprint density at radius 1 is 1.00 bits per heavy atom. The number of fused-ring (bicyclic) bond motifs is 1. The molecule has 5 heteroatoms. The number of aromatic nitrogens is 4. The zero-order valence-electron chi connectivity index (χ0n) is 12.3. The lowest BCUT2D eigenvalue weighted by Gasteiger charge is -2.13. The van der Waals surface area contributed by atoms with E-state index in [-0.39, 0.29) is 0 Å². The number of para-hydroxylation sites is 1. The predicted octanol–water partition coefficient (Wildman–Crippen LogP) is 4.16. The van der Waals surface area contributed by atoms with Crippen LogP contribution in [-0.2, 0) is 0 Å². The van der Waals surface area contributed by atoms with Crippen LogP contribution in [-0.4, -0.2) is 19.7 Å². The second kappa shape index (κ2) is 5.03. The van der Waals surface area contributed by atoms with E-state index in [9.17, 15) is 0 Å². The Hall–Kier alpha value is -2.53. The molecule has 4 aromatic rings. The summed E-state index contributed by atoms with van der Waals surface area (Å²) in [7, 11) is 0. The molecule has 0 fully saturated rings. The Kier molecular flexibility index (Phi) is 3.01. The second-order valence-electron chi connectivity index (χ2n) is 5.27. The highest BCUT2D eigenvalue weighted by atomic mass is 32.1. The Balaban J connectivity index is 2.00. The van der Waals surface area contributed by atoms with E-state index in [1.165, 1.54) is 11.1 Å². The molecule has 0 aliphatic rings. The molecule has 4 nitrogen and oxygen atoms in total. The Morgan fingerprint density at radius 3 is 2.59 bits per heavy atom. The number of aryl methyl sites for hydroxylation is 2. The van der Waals surface area contributed by atoms with Gasteiger partial charge in [-0.3, -0.25) is 4.57 Å². The largest absolute Gasteiger partial charge is 0.281 e. The van der Waals surface area contributed by atoms with Gasteiger partial charge in [0.1, 0.15) is 6.33 Å². The summed E-state index contributed by atoms with van der Waals surface area (Å²) in [5, 5.41) is 8.51. The third kappa shape index (κ3) is 1.94. The molecular formula is C17H14N4S. The Labute approximate surface area is 132 Å². The zero-order valence-corrected chi connectivity index (χ0v) is 13.1. The highest BCUT2D eigenvalue weighted by Gasteiger charge is 2.15. The van der Waals surface area contributed by atoms with Crippen LogP contribution in [0.5, 0.6) is 0 Å². The fraction of sp³-hybridized carbons (Fsp3) is 0.118. The lowest BCUT2D eigenvalue weighted by Crippen LogP contribution is -2.01. The first-order valence-electron chi connectivity index (χ1n) is 7.05. The van der Waals surface area contributed by atoms with E-state index in [4.69, 9.17) is 0 Å². The average Bonchev–Trinajstić information content (AvgIpc) is 3.15. The van der Waals surface area contributed by atoms with Crippen molar-refractivity contribution in [3.8, 4) is 17.1 Å². The number of nitrogens with zero attached hydrogens (tertiary/aromatic N) is 4. The van der Waals surface area contributed by atoms with Crippen molar-refractivity contribution >= 4 is 21.6 Å². The highest BCUT2D eigenvalue weighted by Crippen LogP contribution is 2.32. The van der Waals surface area contributed by atoms with Gasteiger partial charge in [0.25, 0.3) is 0 Å². The molecule has 0 N–H and O–H groups in total. The highest BCUT2D eigenvalue weighted by molar-refractivity contribution is 7.17. The average molecular weight is 306 g/mol. The Bertz CT molecular complexity index is 947. The van der Waals surface area contributed by atoms with E-state index in [1.807, 2.05) is 17.6 Å². The van der Waals surface area contributed by atoms with Crippen molar-refractivity contribution in [1.82, 2.24) is 19.7 Å². The molecule has 108 valence electrons. The maximum Gasteiger partial charge on any atom is 0.169 e. The maximum atomic E-state index is 4.39. The van der Waals surface area contributed by atoms with Crippen LogP contribution in [0.3, 0.4) is 0 Å². The van der Waals surface area contributed by atoms with Gasteiger partial charge in [0.2, 0.25) is 0 Å². The minimum absolute atomic E-state index is 0.854. The van der Waals surface area contributed by atoms with Gasteiger partial charge in [-0.15, -0.1) is 21.5 Å². The number of rotatable bonds is 2. The molecule has 22 heavy (non-hydrogen) atoms. The summed E-state index contributed by atoms with van der Waals surface area (Å²) in [4.78, 5) is 4.39. The molecule has 0 saturated heterocycles. The molecule has 2 aromatic heterocycles. The van der Waals surface area contributed by atoms with Crippen molar-refractivity contribution in [3.05, 3.63) is 59.4 Å². The fourth-order valence-electron chi connectivity index (χ4n) is 2.83. The standard InChI is InChI=1S/C17H14N4S/c1-11-5-3-6-12(2)15(11)21-9-19-20-17(21)13-7-4-8-14-16(13)22-10-18-14/h3-10H,1-2H3. The maximum absolute atomic E-state index is 4.39. The van der Waals surface area contributed by atoms with Gasteiger partial charge in [0.15, 0.2) is 5.82 Å². The van der Waals surface area contributed by atoms with Gasteiger partial charge in [0, 0.05) is 5.56 Å². The number of benzene rings is 2. The van der Waals surface area contributed by atoms with Crippen molar-refractivity contribution in [2.75, 3.05) is 0 Å². The van der Waals surface area contributed by atoms with E-state index in [2.05, 4.69) is 57.9 Å². The van der Waals surface area contributed by atoms with Crippen molar-refractivity contribution in [3.63, 3.8) is 0 Å². The Morgan fingerprint density at radius 2 is 1.77 bits per heavy atom. The van der Waals surface area contributed by atoms with E-state index < -0.39 is 0 Å². The quantitative estimate of drug-likeness (QED) is 0.558. The second-order valence-corrected chi connectivity index (χ2v) is 6.13. The van der Waals surface area contributed by atoms with Gasteiger partial charge in [-0.1, -0.05) is 24.3 Å². The normalized spacial score (nSPS) is 11.2. The van der Waals surface area contributed by atoms with Crippen LogP contribution in [0.25, 0.3) is 27.3 Å². The van der Waals surface area contributed by atoms with E-state index in [0.29, 0.717) is 0 Å². The molecule has 0 radical (unpaired) electrons. The minimum Gasteiger partial charge on any atom is -0.281 e. The van der Waals surface area contributed by atoms with Crippen LogP contribution in [0.15, 0.2) is 48.2 Å². The van der Waals surface area contributed by atoms with Crippen molar-refractivity contribution in [2.45, 2.75) is 13.8 Å². The first-order chi connectivity index (χ1) is 10.8. The van der Waals surface area contributed by atoms with Gasteiger partial charge >= 0.3 is 0 Å². The van der Waals surface area contributed by atoms with E-state index >= 15 is 0 Å². The molecule has 2 heterocycles. The summed E-state index contributed by atoms with van der Waals surface area (Å²) in [6.45, 7) is 4.22. The molecule has 0 bridgehead atoms. The predicted molar refractivity (Wildman–Crippen MR) is 89.4 cm³/mol. The third-order valence-electron chi connectivity index (χ3n) is 3.83. The van der Waals surface area contributed by atoms with Crippen LogP contribution < -0.4 is 0 Å². The van der Waals surface area contributed by atoms with E-state index in [0.717, 1.165) is 27.3 Å². The summed E-state index contributed by atoms with van der Waals surface area (Å²) in [5.41, 5.74) is 7.49. The van der Waals surface area contributed by atoms with Crippen LogP contribution in [0.4, 0.5) is 0 Å². The molecule has 0 atom stereocenters. The molecule has 0 amide bonds. The summed E-state index contributed by atoms with van der Waals surface area (Å²) in [6.07, 6.45) is 1.78. The van der Waals surface area contributed by atoms with Crippen molar-refractivity contribution in [2.24, 2.45) is 0 Å². The fourth-order valence-corrected chi connectivity index (χ4v) is 3.63. The summed E-state index contributed by atoms with van der Waals surface area (Å²) in [6, 6.07) is 12.4. The smallest absolute Gasteiger partial charge is 0.169 e.